The molecule has 166 valence electrons. The number of para-hydroxylation sites is 1. The van der Waals surface area contributed by atoms with Crippen LogP contribution in [0.5, 0.6) is 0 Å². The highest BCUT2D eigenvalue weighted by atomic mass is 16.5. The van der Waals surface area contributed by atoms with Crippen molar-refractivity contribution in [3.63, 3.8) is 0 Å². The van der Waals surface area contributed by atoms with Crippen LogP contribution in [0.3, 0.4) is 0 Å². The van der Waals surface area contributed by atoms with Gasteiger partial charge in [-0.3, -0.25) is 14.4 Å². The number of hydrogen-bond donors (Lipinski definition) is 2. The molecule has 31 heavy (non-hydrogen) atoms. The maximum atomic E-state index is 12.8. The van der Waals surface area contributed by atoms with Gasteiger partial charge in [-0.1, -0.05) is 76.6 Å². The zero-order valence-corrected chi connectivity index (χ0v) is 18.7. The summed E-state index contributed by atoms with van der Waals surface area (Å²) in [5.74, 6) is -1.24. The number of anilines is 1. The molecule has 0 saturated carbocycles. The van der Waals surface area contributed by atoms with Crippen molar-refractivity contribution in [2.24, 2.45) is 11.8 Å². The first-order valence-electron chi connectivity index (χ1n) is 10.7. The van der Waals surface area contributed by atoms with E-state index in [1.54, 1.807) is 24.3 Å². The van der Waals surface area contributed by atoms with Gasteiger partial charge in [0.2, 0.25) is 0 Å². The summed E-state index contributed by atoms with van der Waals surface area (Å²) in [4.78, 5) is 37.6. The Balaban J connectivity index is 2.01. The van der Waals surface area contributed by atoms with Gasteiger partial charge in [0.25, 0.3) is 11.8 Å². The lowest BCUT2D eigenvalue weighted by Crippen LogP contribution is -2.30. The number of esters is 1. The van der Waals surface area contributed by atoms with Gasteiger partial charge >= 0.3 is 5.97 Å². The average Bonchev–Trinajstić information content (AvgIpc) is 2.77. The second-order valence-corrected chi connectivity index (χ2v) is 8.08. The minimum absolute atomic E-state index is 0.0725. The summed E-state index contributed by atoms with van der Waals surface area (Å²) in [5.41, 5.74) is 1.62. The highest BCUT2D eigenvalue weighted by molar-refractivity contribution is 6.04. The standard InChI is InChI=1S/C25H32N2O4/c1-5-18(4)23(19-11-7-6-8-12-19)25(30)31-16-22(28)27-21-14-10-9-13-20(21)24(29)26-15-17(2)3/h6-14,17-18,23H,5,15-16H2,1-4H3,(H,26,29)(H,27,28)/t18-,23+/m1/s1. The minimum Gasteiger partial charge on any atom is -0.455 e. The van der Waals surface area contributed by atoms with Crippen LogP contribution in [0.4, 0.5) is 5.69 Å². The Morgan fingerprint density at radius 1 is 0.935 bits per heavy atom. The Labute approximate surface area is 184 Å². The van der Waals surface area contributed by atoms with Crippen LogP contribution < -0.4 is 10.6 Å². The molecule has 0 spiro atoms. The van der Waals surface area contributed by atoms with E-state index in [9.17, 15) is 14.4 Å². The summed E-state index contributed by atoms with van der Waals surface area (Å²) in [6.45, 7) is 8.14. The van der Waals surface area contributed by atoms with Crippen LogP contribution in [0.1, 0.15) is 56.0 Å². The van der Waals surface area contributed by atoms with Gasteiger partial charge < -0.3 is 15.4 Å². The van der Waals surface area contributed by atoms with E-state index in [0.717, 1.165) is 12.0 Å². The van der Waals surface area contributed by atoms with Gasteiger partial charge in [0.1, 0.15) is 0 Å². The molecule has 6 nitrogen and oxygen atoms in total. The first-order chi connectivity index (χ1) is 14.8. The molecule has 2 amide bonds. The molecule has 0 bridgehead atoms. The van der Waals surface area contributed by atoms with Gasteiger partial charge in [-0.25, -0.2) is 0 Å². The largest absolute Gasteiger partial charge is 0.455 e. The molecule has 0 heterocycles. The summed E-state index contributed by atoms with van der Waals surface area (Å²) in [7, 11) is 0. The molecule has 0 aliphatic rings. The molecule has 2 atom stereocenters. The Bertz CT molecular complexity index is 880. The van der Waals surface area contributed by atoms with Crippen molar-refractivity contribution in [2.75, 3.05) is 18.5 Å². The fourth-order valence-electron chi connectivity index (χ4n) is 3.19. The lowest BCUT2D eigenvalue weighted by atomic mass is 9.86. The van der Waals surface area contributed by atoms with Crippen LogP contribution in [0.15, 0.2) is 54.6 Å². The molecular formula is C25H32N2O4. The molecule has 0 radical (unpaired) electrons. The second kappa shape index (κ2) is 11.9. The normalized spacial score (nSPS) is 12.7. The average molecular weight is 425 g/mol. The Kier molecular flexibility index (Phi) is 9.25. The summed E-state index contributed by atoms with van der Waals surface area (Å²) in [5, 5.41) is 5.52. The van der Waals surface area contributed by atoms with Crippen LogP contribution in [0.2, 0.25) is 0 Å². The fourth-order valence-corrected chi connectivity index (χ4v) is 3.19. The van der Waals surface area contributed by atoms with E-state index in [2.05, 4.69) is 10.6 Å². The van der Waals surface area contributed by atoms with Gasteiger partial charge in [-0.05, 0) is 29.5 Å². The zero-order valence-electron chi connectivity index (χ0n) is 18.7. The number of nitrogens with one attached hydrogen (secondary N) is 2. The van der Waals surface area contributed by atoms with E-state index in [-0.39, 0.29) is 11.8 Å². The monoisotopic (exact) mass is 424 g/mol. The SMILES string of the molecule is CC[C@@H](C)[C@H](C(=O)OCC(=O)Nc1ccccc1C(=O)NCC(C)C)c1ccccc1. The van der Waals surface area contributed by atoms with E-state index < -0.39 is 24.4 Å². The van der Waals surface area contributed by atoms with Crippen molar-refractivity contribution in [3.8, 4) is 0 Å². The molecule has 2 aromatic carbocycles. The van der Waals surface area contributed by atoms with Crippen LogP contribution in [-0.4, -0.2) is 30.9 Å². The molecule has 0 aliphatic carbocycles. The highest BCUT2D eigenvalue weighted by Crippen LogP contribution is 2.28. The van der Waals surface area contributed by atoms with Gasteiger partial charge in [0.05, 0.1) is 17.2 Å². The third kappa shape index (κ3) is 7.24. The lowest BCUT2D eigenvalue weighted by molar-refractivity contribution is -0.150. The summed E-state index contributed by atoms with van der Waals surface area (Å²) >= 11 is 0. The quantitative estimate of drug-likeness (QED) is 0.554. The van der Waals surface area contributed by atoms with Crippen LogP contribution in [-0.2, 0) is 14.3 Å². The predicted octanol–water partition coefficient (Wildman–Crippen LogP) is 4.38. The molecule has 2 N–H and O–H groups in total. The number of carbonyl (C=O) groups excluding carboxylic acids is 3. The summed E-state index contributed by atoms with van der Waals surface area (Å²) in [6, 6.07) is 16.2. The molecular weight excluding hydrogens is 392 g/mol. The molecule has 0 unspecified atom stereocenters. The van der Waals surface area contributed by atoms with E-state index in [1.807, 2.05) is 58.0 Å². The smallest absolute Gasteiger partial charge is 0.314 e. The molecule has 6 heteroatoms. The van der Waals surface area contributed by atoms with Crippen molar-refractivity contribution >= 4 is 23.5 Å². The topological polar surface area (TPSA) is 84.5 Å². The number of ether oxygens (including phenoxy) is 1. The highest BCUT2D eigenvalue weighted by Gasteiger charge is 2.28. The molecule has 0 aromatic heterocycles. The Hall–Kier alpha value is -3.15. The number of benzene rings is 2. The van der Waals surface area contributed by atoms with Crippen molar-refractivity contribution < 1.29 is 19.1 Å². The first kappa shape index (κ1) is 24.1. The van der Waals surface area contributed by atoms with E-state index in [0.29, 0.717) is 23.7 Å². The summed E-state index contributed by atoms with van der Waals surface area (Å²) < 4.78 is 5.34. The number of amides is 2. The minimum atomic E-state index is -0.492. The molecule has 0 saturated heterocycles. The van der Waals surface area contributed by atoms with Crippen LogP contribution in [0.25, 0.3) is 0 Å². The molecule has 0 aliphatic heterocycles. The van der Waals surface area contributed by atoms with Gasteiger partial charge in [0, 0.05) is 6.54 Å². The first-order valence-corrected chi connectivity index (χ1v) is 10.7. The Morgan fingerprint density at radius 3 is 2.23 bits per heavy atom. The number of carbonyl (C=O) groups is 3. The maximum absolute atomic E-state index is 12.8. The molecule has 2 aromatic rings. The van der Waals surface area contributed by atoms with E-state index >= 15 is 0 Å². The van der Waals surface area contributed by atoms with Crippen molar-refractivity contribution in [1.82, 2.24) is 5.32 Å². The predicted molar refractivity (Wildman–Crippen MR) is 122 cm³/mol. The Morgan fingerprint density at radius 2 is 1.58 bits per heavy atom. The molecule has 2 rings (SSSR count). The summed E-state index contributed by atoms with van der Waals surface area (Å²) in [6.07, 6.45) is 0.805. The zero-order chi connectivity index (χ0) is 22.8. The van der Waals surface area contributed by atoms with Gasteiger partial charge in [-0.2, -0.15) is 0 Å². The van der Waals surface area contributed by atoms with Crippen molar-refractivity contribution in [2.45, 2.75) is 40.0 Å². The third-order valence-corrected chi connectivity index (χ3v) is 5.09. The number of hydrogen-bond acceptors (Lipinski definition) is 4. The van der Waals surface area contributed by atoms with Crippen molar-refractivity contribution in [1.29, 1.82) is 0 Å². The fraction of sp³-hybridized carbons (Fsp3) is 0.400. The van der Waals surface area contributed by atoms with Crippen LogP contribution in [0, 0.1) is 11.8 Å². The van der Waals surface area contributed by atoms with Crippen LogP contribution >= 0.6 is 0 Å². The lowest BCUT2D eigenvalue weighted by Gasteiger charge is -2.22. The van der Waals surface area contributed by atoms with E-state index in [1.165, 1.54) is 0 Å². The number of rotatable bonds is 10. The van der Waals surface area contributed by atoms with Gasteiger partial charge in [-0.15, -0.1) is 0 Å². The van der Waals surface area contributed by atoms with Gasteiger partial charge in [0.15, 0.2) is 6.61 Å². The maximum Gasteiger partial charge on any atom is 0.314 e. The van der Waals surface area contributed by atoms with Crippen molar-refractivity contribution in [3.05, 3.63) is 65.7 Å². The molecule has 0 fully saturated rings. The third-order valence-electron chi connectivity index (χ3n) is 5.09. The van der Waals surface area contributed by atoms with E-state index in [4.69, 9.17) is 4.74 Å². The second-order valence-electron chi connectivity index (χ2n) is 8.08.